The Morgan fingerprint density at radius 2 is 1.61 bits per heavy atom. The van der Waals surface area contributed by atoms with E-state index in [0.717, 1.165) is 11.1 Å². The van der Waals surface area contributed by atoms with Crippen molar-refractivity contribution >= 4 is 10.0 Å². The van der Waals surface area contributed by atoms with Gasteiger partial charge in [-0.2, -0.15) is 9.57 Å². The molecule has 0 N–H and O–H groups in total. The fourth-order valence-electron chi connectivity index (χ4n) is 4.37. The first-order chi connectivity index (χ1) is 17.5. The molecular formula is C27H24N2O6S. The van der Waals surface area contributed by atoms with Gasteiger partial charge >= 0.3 is 5.79 Å². The van der Waals surface area contributed by atoms with Crippen molar-refractivity contribution < 1.29 is 27.4 Å². The number of benzene rings is 3. The zero-order valence-corrected chi connectivity index (χ0v) is 20.4. The molecule has 2 aliphatic heterocycles. The second kappa shape index (κ2) is 9.66. The fourth-order valence-corrected chi connectivity index (χ4v) is 5.81. The van der Waals surface area contributed by atoms with Crippen LogP contribution in [0.2, 0.25) is 0 Å². The lowest BCUT2D eigenvalue weighted by molar-refractivity contribution is -0.112. The number of morpholine rings is 1. The Balaban J connectivity index is 1.70. The molecule has 0 saturated carbocycles. The van der Waals surface area contributed by atoms with Crippen molar-refractivity contribution in [3.8, 4) is 22.9 Å². The van der Waals surface area contributed by atoms with Gasteiger partial charge < -0.3 is 18.9 Å². The predicted octanol–water partition coefficient (Wildman–Crippen LogP) is 3.97. The molecule has 36 heavy (non-hydrogen) atoms. The van der Waals surface area contributed by atoms with Gasteiger partial charge in [-0.15, -0.1) is 0 Å². The van der Waals surface area contributed by atoms with Crippen LogP contribution in [-0.2, 0) is 30.0 Å². The molecule has 0 spiro atoms. The summed E-state index contributed by atoms with van der Waals surface area (Å²) in [5.74, 6) is -0.747. The largest absolute Gasteiger partial charge is 0.497 e. The SMILES string of the molecule is COc1ccc(-c2ccc(S(=O)(=O)N3CCOCC3)cc2C2(c3ccc(C#N)cc3)OC=CO2)cc1. The van der Waals surface area contributed by atoms with Gasteiger partial charge in [-0.1, -0.05) is 18.2 Å². The molecular weight excluding hydrogens is 480 g/mol. The standard InChI is InChI=1S/C27H24N2O6S/c1-32-23-8-4-21(5-9-23)25-11-10-24(36(30,31)29-12-14-33-15-13-29)18-26(25)27(34-16-17-35-27)22-6-2-20(19-28)3-7-22/h2-11,16-18H,12-15H2,1H3. The molecule has 8 nitrogen and oxygen atoms in total. The van der Waals surface area contributed by atoms with Gasteiger partial charge in [0.25, 0.3) is 0 Å². The van der Waals surface area contributed by atoms with Gasteiger partial charge in [0.2, 0.25) is 10.0 Å². The summed E-state index contributed by atoms with van der Waals surface area (Å²) in [5, 5.41) is 9.25. The molecule has 5 rings (SSSR count). The smallest absolute Gasteiger partial charge is 0.304 e. The lowest BCUT2D eigenvalue weighted by Gasteiger charge is -2.32. The number of nitrogens with zero attached hydrogens (tertiary/aromatic N) is 2. The molecule has 2 heterocycles. The molecule has 2 aliphatic rings. The first-order valence-corrected chi connectivity index (χ1v) is 12.8. The minimum absolute atomic E-state index is 0.129. The number of ether oxygens (including phenoxy) is 4. The van der Waals surface area contributed by atoms with E-state index in [1.165, 1.54) is 16.8 Å². The molecule has 0 aromatic heterocycles. The molecule has 0 radical (unpaired) electrons. The van der Waals surface area contributed by atoms with Crippen molar-refractivity contribution in [2.24, 2.45) is 0 Å². The molecule has 3 aromatic rings. The first-order valence-electron chi connectivity index (χ1n) is 11.4. The van der Waals surface area contributed by atoms with Gasteiger partial charge in [0, 0.05) is 18.7 Å². The van der Waals surface area contributed by atoms with E-state index in [9.17, 15) is 13.7 Å². The molecule has 1 saturated heterocycles. The van der Waals surface area contributed by atoms with Crippen molar-refractivity contribution in [3.63, 3.8) is 0 Å². The lowest BCUT2D eigenvalue weighted by atomic mass is 9.89. The van der Waals surface area contributed by atoms with Gasteiger partial charge in [-0.25, -0.2) is 8.42 Å². The monoisotopic (exact) mass is 504 g/mol. The average Bonchev–Trinajstić information content (AvgIpc) is 3.44. The summed E-state index contributed by atoms with van der Waals surface area (Å²) >= 11 is 0. The lowest BCUT2D eigenvalue weighted by Crippen LogP contribution is -2.40. The van der Waals surface area contributed by atoms with Crippen molar-refractivity contribution in [1.29, 1.82) is 5.26 Å². The van der Waals surface area contributed by atoms with Crippen molar-refractivity contribution in [1.82, 2.24) is 4.31 Å². The topological polar surface area (TPSA) is 98.1 Å². The van der Waals surface area contributed by atoms with E-state index in [2.05, 4.69) is 6.07 Å². The predicted molar refractivity (Wildman–Crippen MR) is 131 cm³/mol. The maximum absolute atomic E-state index is 13.5. The maximum Gasteiger partial charge on any atom is 0.304 e. The molecule has 0 atom stereocenters. The van der Waals surface area contributed by atoms with E-state index in [1.807, 2.05) is 24.3 Å². The second-order valence-corrected chi connectivity index (χ2v) is 10.2. The number of methoxy groups -OCH3 is 1. The maximum atomic E-state index is 13.5. The summed E-state index contributed by atoms with van der Waals surface area (Å²) < 4.78 is 51.3. The fraction of sp³-hybridized carbons (Fsp3) is 0.222. The Morgan fingerprint density at radius 1 is 0.944 bits per heavy atom. The molecule has 1 fully saturated rings. The van der Waals surface area contributed by atoms with Gasteiger partial charge in [0.15, 0.2) is 0 Å². The Bertz CT molecular complexity index is 1410. The van der Waals surface area contributed by atoms with Crippen LogP contribution in [0.5, 0.6) is 5.75 Å². The summed E-state index contributed by atoms with van der Waals surface area (Å²) in [6, 6.07) is 21.4. The Kier molecular flexibility index (Phi) is 6.41. The van der Waals surface area contributed by atoms with Crippen molar-refractivity contribution in [2.45, 2.75) is 10.7 Å². The van der Waals surface area contributed by atoms with Crippen LogP contribution in [0, 0.1) is 11.3 Å². The highest BCUT2D eigenvalue weighted by Crippen LogP contribution is 2.44. The first kappa shape index (κ1) is 23.9. The molecule has 184 valence electrons. The minimum Gasteiger partial charge on any atom is -0.497 e. The average molecular weight is 505 g/mol. The van der Waals surface area contributed by atoms with E-state index in [4.69, 9.17) is 18.9 Å². The second-order valence-electron chi connectivity index (χ2n) is 8.27. The normalized spacial score (nSPS) is 17.1. The minimum atomic E-state index is -3.78. The zero-order chi connectivity index (χ0) is 25.2. The van der Waals surface area contributed by atoms with Crippen LogP contribution in [0.1, 0.15) is 16.7 Å². The molecule has 0 bridgehead atoms. The van der Waals surface area contributed by atoms with Crippen LogP contribution in [0.3, 0.4) is 0 Å². The van der Waals surface area contributed by atoms with E-state index in [1.54, 1.807) is 49.6 Å². The van der Waals surface area contributed by atoms with E-state index >= 15 is 0 Å². The molecule has 0 unspecified atom stereocenters. The van der Waals surface area contributed by atoms with Crippen molar-refractivity contribution in [3.05, 3.63) is 95.9 Å². The summed E-state index contributed by atoms with van der Waals surface area (Å²) in [7, 11) is -2.19. The zero-order valence-electron chi connectivity index (χ0n) is 19.6. The summed E-state index contributed by atoms with van der Waals surface area (Å²) in [4.78, 5) is 0.129. The number of hydrogen-bond donors (Lipinski definition) is 0. The van der Waals surface area contributed by atoms with Gasteiger partial charge in [0.1, 0.15) is 18.3 Å². The number of hydrogen-bond acceptors (Lipinski definition) is 7. The highest BCUT2D eigenvalue weighted by atomic mass is 32.2. The van der Waals surface area contributed by atoms with E-state index in [-0.39, 0.29) is 18.0 Å². The van der Waals surface area contributed by atoms with Crippen molar-refractivity contribution in [2.75, 3.05) is 33.4 Å². The Morgan fingerprint density at radius 3 is 2.22 bits per heavy atom. The Hall–Kier alpha value is -3.84. The summed E-state index contributed by atoms with van der Waals surface area (Å²) in [6.45, 7) is 1.27. The van der Waals surface area contributed by atoms with Gasteiger partial charge in [-0.05, 0) is 59.7 Å². The van der Waals surface area contributed by atoms with E-state index < -0.39 is 15.8 Å². The summed E-state index contributed by atoms with van der Waals surface area (Å²) in [5.41, 5.74) is 3.16. The third-order valence-corrected chi connectivity index (χ3v) is 8.17. The van der Waals surface area contributed by atoms with Crippen LogP contribution in [0.4, 0.5) is 0 Å². The quantitative estimate of drug-likeness (QED) is 0.501. The van der Waals surface area contributed by atoms with Crippen LogP contribution in [0.15, 0.2) is 84.1 Å². The Labute approximate surface area is 209 Å². The molecule has 0 amide bonds. The van der Waals surface area contributed by atoms with Gasteiger partial charge in [0.05, 0.1) is 42.4 Å². The molecule has 3 aromatic carbocycles. The number of sulfonamides is 1. The number of nitriles is 1. The third kappa shape index (κ3) is 4.20. The molecule has 0 aliphatic carbocycles. The third-order valence-electron chi connectivity index (χ3n) is 6.27. The summed E-state index contributed by atoms with van der Waals surface area (Å²) in [6.07, 6.45) is 2.86. The van der Waals surface area contributed by atoms with E-state index in [0.29, 0.717) is 35.7 Å². The number of rotatable bonds is 6. The molecule has 9 heteroatoms. The highest BCUT2D eigenvalue weighted by molar-refractivity contribution is 7.89. The van der Waals surface area contributed by atoms with Gasteiger partial charge in [-0.3, -0.25) is 0 Å². The van der Waals surface area contributed by atoms with Crippen LogP contribution >= 0.6 is 0 Å². The van der Waals surface area contributed by atoms with Crippen LogP contribution < -0.4 is 4.74 Å². The highest BCUT2D eigenvalue weighted by Gasteiger charge is 2.43. The van der Waals surface area contributed by atoms with Crippen LogP contribution in [-0.4, -0.2) is 46.1 Å². The van der Waals surface area contributed by atoms with Crippen LogP contribution in [0.25, 0.3) is 11.1 Å².